The number of amides is 2. The molecule has 0 aliphatic rings. The summed E-state index contributed by atoms with van der Waals surface area (Å²) in [7, 11) is 1.60. The predicted octanol–water partition coefficient (Wildman–Crippen LogP) is 5.57. The number of aromatic nitrogens is 1. The van der Waals surface area contributed by atoms with Gasteiger partial charge in [-0.3, -0.25) is 9.59 Å². The molecule has 6 heteroatoms. The molecule has 2 amide bonds. The van der Waals surface area contributed by atoms with Crippen molar-refractivity contribution in [2.24, 2.45) is 0 Å². The molecule has 4 aromatic rings. The summed E-state index contributed by atoms with van der Waals surface area (Å²) in [4.78, 5) is 24.6. The Kier molecular flexibility index (Phi) is 6.40. The van der Waals surface area contributed by atoms with Crippen molar-refractivity contribution in [3.8, 4) is 5.75 Å². The van der Waals surface area contributed by atoms with Crippen molar-refractivity contribution in [1.29, 1.82) is 0 Å². The van der Waals surface area contributed by atoms with Crippen LogP contribution in [0.5, 0.6) is 5.75 Å². The first kappa shape index (κ1) is 21.4. The molecule has 32 heavy (non-hydrogen) atoms. The van der Waals surface area contributed by atoms with E-state index in [-0.39, 0.29) is 24.7 Å². The van der Waals surface area contributed by atoms with Gasteiger partial charge in [0.15, 0.2) is 0 Å². The van der Waals surface area contributed by atoms with E-state index in [1.807, 2.05) is 24.3 Å². The Labute approximate surface area is 187 Å². The van der Waals surface area contributed by atoms with Gasteiger partial charge in [-0.2, -0.15) is 0 Å². The van der Waals surface area contributed by atoms with Crippen LogP contribution in [-0.4, -0.2) is 23.5 Å². The summed E-state index contributed by atoms with van der Waals surface area (Å²) in [5.74, 6) is 0.523. The molecular formula is C26H27N3O3. The fourth-order valence-corrected chi connectivity index (χ4v) is 4.00. The molecule has 0 atom stereocenters. The van der Waals surface area contributed by atoms with Crippen LogP contribution in [0.4, 0.5) is 11.4 Å². The Morgan fingerprint density at radius 2 is 1.44 bits per heavy atom. The molecule has 0 saturated carbocycles. The minimum Gasteiger partial charge on any atom is -0.497 e. The van der Waals surface area contributed by atoms with Crippen molar-refractivity contribution in [3.05, 3.63) is 66.7 Å². The maximum absolute atomic E-state index is 12.4. The summed E-state index contributed by atoms with van der Waals surface area (Å²) in [5.41, 5.74) is 3.82. The van der Waals surface area contributed by atoms with Crippen molar-refractivity contribution in [3.63, 3.8) is 0 Å². The Balaban J connectivity index is 1.33. The number of hydrogen-bond donors (Lipinski definition) is 2. The summed E-state index contributed by atoms with van der Waals surface area (Å²) in [6.07, 6.45) is 1.04. The molecule has 2 N–H and O–H groups in total. The first-order valence-electron chi connectivity index (χ1n) is 10.8. The number of anilines is 2. The highest BCUT2D eigenvalue weighted by molar-refractivity contribution is 6.09. The molecule has 0 spiro atoms. The molecule has 1 heterocycles. The fraction of sp³-hybridized carbons (Fsp3) is 0.231. The van der Waals surface area contributed by atoms with E-state index in [0.717, 1.165) is 28.9 Å². The second-order valence-corrected chi connectivity index (χ2v) is 7.67. The topological polar surface area (TPSA) is 72.4 Å². The molecule has 0 unspecified atom stereocenters. The van der Waals surface area contributed by atoms with Gasteiger partial charge in [-0.25, -0.2) is 0 Å². The van der Waals surface area contributed by atoms with Gasteiger partial charge in [-0.1, -0.05) is 18.2 Å². The third kappa shape index (κ3) is 4.59. The van der Waals surface area contributed by atoms with Gasteiger partial charge in [-0.15, -0.1) is 0 Å². The highest BCUT2D eigenvalue weighted by Gasteiger charge is 2.11. The SMILES string of the molecule is CCn1c2ccccc2c2cc(NC(=O)CCCC(=O)Nc3ccc(OC)cc3)ccc21. The van der Waals surface area contributed by atoms with Crippen molar-refractivity contribution in [2.45, 2.75) is 32.7 Å². The van der Waals surface area contributed by atoms with Crippen molar-refractivity contribution >= 4 is 45.0 Å². The van der Waals surface area contributed by atoms with Gasteiger partial charge >= 0.3 is 0 Å². The second kappa shape index (κ2) is 9.56. The predicted molar refractivity (Wildman–Crippen MR) is 129 cm³/mol. The van der Waals surface area contributed by atoms with E-state index in [4.69, 9.17) is 4.74 Å². The number of para-hydroxylation sites is 1. The van der Waals surface area contributed by atoms with Crippen molar-refractivity contribution in [2.75, 3.05) is 17.7 Å². The number of rotatable bonds is 8. The zero-order valence-corrected chi connectivity index (χ0v) is 18.4. The van der Waals surface area contributed by atoms with Crippen molar-refractivity contribution in [1.82, 2.24) is 4.57 Å². The molecule has 0 radical (unpaired) electrons. The Hall–Kier alpha value is -3.80. The monoisotopic (exact) mass is 429 g/mol. The lowest BCUT2D eigenvalue weighted by Gasteiger charge is -2.08. The first-order valence-corrected chi connectivity index (χ1v) is 10.8. The van der Waals surface area contributed by atoms with Crippen molar-refractivity contribution < 1.29 is 14.3 Å². The molecule has 4 rings (SSSR count). The number of ether oxygens (including phenoxy) is 1. The van der Waals surface area contributed by atoms with Crippen LogP contribution in [-0.2, 0) is 16.1 Å². The Morgan fingerprint density at radius 3 is 2.12 bits per heavy atom. The highest BCUT2D eigenvalue weighted by atomic mass is 16.5. The minimum absolute atomic E-state index is 0.0965. The quantitative estimate of drug-likeness (QED) is 0.385. The largest absolute Gasteiger partial charge is 0.497 e. The van der Waals surface area contributed by atoms with Crippen LogP contribution < -0.4 is 15.4 Å². The van der Waals surface area contributed by atoms with Crippen LogP contribution in [0.2, 0.25) is 0 Å². The number of methoxy groups -OCH3 is 1. The number of nitrogens with zero attached hydrogens (tertiary/aromatic N) is 1. The molecular weight excluding hydrogens is 402 g/mol. The van der Waals surface area contributed by atoms with Crippen LogP contribution in [0, 0.1) is 0 Å². The van der Waals surface area contributed by atoms with Gasteiger partial charge in [0.05, 0.1) is 7.11 Å². The average Bonchev–Trinajstić information content (AvgIpc) is 3.12. The minimum atomic E-state index is -0.114. The number of fused-ring (bicyclic) bond motifs is 3. The third-order valence-corrected chi connectivity index (χ3v) is 5.55. The molecule has 0 aliphatic heterocycles. The molecule has 0 aliphatic carbocycles. The van der Waals surface area contributed by atoms with E-state index in [0.29, 0.717) is 12.1 Å². The highest BCUT2D eigenvalue weighted by Crippen LogP contribution is 2.31. The lowest BCUT2D eigenvalue weighted by molar-refractivity contribution is -0.117. The molecule has 0 saturated heterocycles. The second-order valence-electron chi connectivity index (χ2n) is 7.67. The van der Waals surface area contributed by atoms with Gasteiger partial charge in [0.2, 0.25) is 11.8 Å². The van der Waals surface area contributed by atoms with Crippen LogP contribution in [0.1, 0.15) is 26.2 Å². The molecule has 164 valence electrons. The molecule has 1 aromatic heterocycles. The number of carbonyl (C=O) groups excluding carboxylic acids is 2. The Bertz CT molecular complexity index is 1260. The van der Waals surface area contributed by atoms with Crippen LogP contribution in [0.3, 0.4) is 0 Å². The van der Waals surface area contributed by atoms with Crippen LogP contribution in [0.15, 0.2) is 66.7 Å². The third-order valence-electron chi connectivity index (χ3n) is 5.55. The normalized spacial score (nSPS) is 10.9. The maximum Gasteiger partial charge on any atom is 0.224 e. The number of hydrogen-bond acceptors (Lipinski definition) is 3. The van der Waals surface area contributed by atoms with Gasteiger partial charge in [-0.05, 0) is 61.9 Å². The zero-order chi connectivity index (χ0) is 22.5. The van der Waals surface area contributed by atoms with Crippen LogP contribution >= 0.6 is 0 Å². The van der Waals surface area contributed by atoms with E-state index >= 15 is 0 Å². The summed E-state index contributed by atoms with van der Waals surface area (Å²) in [5, 5.41) is 8.10. The van der Waals surface area contributed by atoms with Gasteiger partial charge in [0, 0.05) is 52.6 Å². The summed E-state index contributed by atoms with van der Waals surface area (Å²) < 4.78 is 7.38. The molecule has 0 fully saturated rings. The lowest BCUT2D eigenvalue weighted by Crippen LogP contribution is -2.14. The summed E-state index contributed by atoms with van der Waals surface area (Å²) >= 11 is 0. The molecule has 3 aromatic carbocycles. The van der Waals surface area contributed by atoms with E-state index in [2.05, 4.69) is 40.3 Å². The van der Waals surface area contributed by atoms with E-state index in [1.54, 1.807) is 31.4 Å². The lowest BCUT2D eigenvalue weighted by atomic mass is 10.1. The van der Waals surface area contributed by atoms with E-state index in [1.165, 1.54) is 10.9 Å². The molecule has 6 nitrogen and oxygen atoms in total. The van der Waals surface area contributed by atoms with E-state index < -0.39 is 0 Å². The smallest absolute Gasteiger partial charge is 0.224 e. The number of aryl methyl sites for hydroxylation is 1. The number of benzene rings is 3. The van der Waals surface area contributed by atoms with Gasteiger partial charge < -0.3 is 19.9 Å². The standard InChI is InChI=1S/C26H27N3O3/c1-3-29-23-8-5-4-7-21(23)22-17-19(13-16-24(22)29)28-26(31)10-6-9-25(30)27-18-11-14-20(32-2)15-12-18/h4-5,7-8,11-17H,3,6,9-10H2,1-2H3,(H,27,30)(H,28,31). The van der Waals surface area contributed by atoms with E-state index in [9.17, 15) is 9.59 Å². The Morgan fingerprint density at radius 1 is 0.812 bits per heavy atom. The summed E-state index contributed by atoms with van der Waals surface area (Å²) in [6, 6.07) is 21.5. The molecule has 0 bridgehead atoms. The first-order chi connectivity index (χ1) is 15.6. The maximum atomic E-state index is 12.4. The van der Waals surface area contributed by atoms with Gasteiger partial charge in [0.25, 0.3) is 0 Å². The number of carbonyl (C=O) groups is 2. The van der Waals surface area contributed by atoms with Gasteiger partial charge in [0.1, 0.15) is 5.75 Å². The zero-order valence-electron chi connectivity index (χ0n) is 18.4. The van der Waals surface area contributed by atoms with Crippen LogP contribution in [0.25, 0.3) is 21.8 Å². The average molecular weight is 430 g/mol. The fourth-order valence-electron chi connectivity index (χ4n) is 4.00. The number of nitrogens with one attached hydrogen (secondary N) is 2. The summed E-state index contributed by atoms with van der Waals surface area (Å²) in [6.45, 7) is 3.01.